The van der Waals surface area contributed by atoms with E-state index in [1.807, 2.05) is 6.92 Å². The Morgan fingerprint density at radius 1 is 1.03 bits per heavy atom. The van der Waals surface area contributed by atoms with Crippen molar-refractivity contribution in [3.05, 3.63) is 37.0 Å². The van der Waals surface area contributed by atoms with Gasteiger partial charge in [0.1, 0.15) is 12.7 Å². The Kier molecular flexibility index (Phi) is 19.7. The Labute approximate surface area is 180 Å². The van der Waals surface area contributed by atoms with E-state index >= 15 is 0 Å². The molecule has 1 fully saturated rings. The third-order valence-electron chi connectivity index (χ3n) is 3.21. The second-order valence-electron chi connectivity index (χ2n) is 6.47. The smallest absolute Gasteiger partial charge is 0.333 e. The van der Waals surface area contributed by atoms with Crippen LogP contribution in [0.25, 0.3) is 0 Å². The maximum Gasteiger partial charge on any atom is 0.333 e. The fourth-order valence-corrected chi connectivity index (χ4v) is 1.25. The average Bonchev–Trinajstić information content (AvgIpc) is 3.54. The number of carbonyl (C=O) groups excluding carboxylic acids is 3. The number of hydrogen-bond acceptors (Lipinski definition) is 7. The van der Waals surface area contributed by atoms with Gasteiger partial charge in [0.25, 0.3) is 5.91 Å². The number of epoxide rings is 1. The zero-order valence-corrected chi connectivity index (χ0v) is 18.8. The molecule has 0 aromatic heterocycles. The summed E-state index contributed by atoms with van der Waals surface area (Å²) in [5, 5.41) is 0. The van der Waals surface area contributed by atoms with Gasteiger partial charge in [0, 0.05) is 17.2 Å². The molecular formula is C22H37NO7. The number of hydroxylamine groups is 1. The molecular weight excluding hydrogens is 390 g/mol. The lowest BCUT2D eigenvalue weighted by atomic mass is 10.3. The summed E-state index contributed by atoms with van der Waals surface area (Å²) in [6.07, 6.45) is 5.31. The summed E-state index contributed by atoms with van der Waals surface area (Å²) in [4.78, 5) is 36.7. The van der Waals surface area contributed by atoms with Crippen molar-refractivity contribution in [3.8, 4) is 0 Å². The van der Waals surface area contributed by atoms with E-state index in [2.05, 4.69) is 36.9 Å². The van der Waals surface area contributed by atoms with Crippen molar-refractivity contribution in [1.82, 2.24) is 5.48 Å². The van der Waals surface area contributed by atoms with Crippen LogP contribution in [-0.2, 0) is 33.4 Å². The minimum Gasteiger partial charge on any atom is -0.463 e. The molecule has 1 atom stereocenters. The first kappa shape index (κ1) is 29.7. The van der Waals surface area contributed by atoms with Gasteiger partial charge in [0.05, 0.1) is 19.8 Å². The first-order valence-corrected chi connectivity index (χ1v) is 10.00. The number of rotatable bonds is 12. The molecule has 1 rings (SSSR count). The van der Waals surface area contributed by atoms with Gasteiger partial charge < -0.3 is 14.2 Å². The van der Waals surface area contributed by atoms with E-state index in [1.54, 1.807) is 13.8 Å². The number of hydrogen-bond donors (Lipinski definition) is 1. The Bertz CT molecular complexity index is 554. The Hall–Kier alpha value is -2.45. The van der Waals surface area contributed by atoms with Crippen molar-refractivity contribution in [2.24, 2.45) is 0 Å². The van der Waals surface area contributed by atoms with Gasteiger partial charge in [-0.15, -0.1) is 0 Å². The lowest BCUT2D eigenvalue weighted by Crippen LogP contribution is -2.24. The molecule has 0 radical (unpaired) electrons. The molecule has 0 saturated carbocycles. The molecule has 8 nitrogen and oxygen atoms in total. The monoisotopic (exact) mass is 427 g/mol. The largest absolute Gasteiger partial charge is 0.463 e. The summed E-state index contributed by atoms with van der Waals surface area (Å²) in [5.74, 6) is -0.917. The van der Waals surface area contributed by atoms with Crippen LogP contribution in [0.2, 0.25) is 0 Å². The minimum absolute atomic E-state index is 0.142. The number of ether oxygens (including phenoxy) is 3. The minimum atomic E-state index is -0.337. The van der Waals surface area contributed by atoms with Crippen LogP contribution in [0.15, 0.2) is 37.0 Å². The van der Waals surface area contributed by atoms with Gasteiger partial charge in [-0.05, 0) is 26.7 Å². The van der Waals surface area contributed by atoms with Crippen molar-refractivity contribution in [3.63, 3.8) is 0 Å². The molecule has 1 aliphatic heterocycles. The quantitative estimate of drug-likeness (QED) is 0.167. The van der Waals surface area contributed by atoms with Crippen molar-refractivity contribution in [1.29, 1.82) is 0 Å². The summed E-state index contributed by atoms with van der Waals surface area (Å²) in [7, 11) is 0. The van der Waals surface area contributed by atoms with Crippen LogP contribution in [0.5, 0.6) is 0 Å². The second kappa shape index (κ2) is 19.8. The first-order valence-electron chi connectivity index (χ1n) is 10.00. The van der Waals surface area contributed by atoms with E-state index in [1.165, 1.54) is 6.08 Å². The molecule has 1 saturated heterocycles. The molecule has 1 aliphatic rings. The van der Waals surface area contributed by atoms with Crippen LogP contribution in [0, 0.1) is 0 Å². The second-order valence-corrected chi connectivity index (χ2v) is 6.47. The van der Waals surface area contributed by atoms with Crippen LogP contribution < -0.4 is 5.48 Å². The van der Waals surface area contributed by atoms with Crippen LogP contribution in [-0.4, -0.2) is 50.4 Å². The Morgan fingerprint density at radius 3 is 2.03 bits per heavy atom. The Balaban J connectivity index is 0. The van der Waals surface area contributed by atoms with E-state index in [4.69, 9.17) is 14.3 Å². The molecule has 1 N–H and O–H groups in total. The maximum atomic E-state index is 10.8. The summed E-state index contributed by atoms with van der Waals surface area (Å²) < 4.78 is 14.3. The molecule has 0 aliphatic carbocycles. The molecule has 0 aromatic carbocycles. The fourth-order valence-electron chi connectivity index (χ4n) is 1.25. The highest BCUT2D eigenvalue weighted by atomic mass is 16.6. The number of amides is 1. The predicted octanol–water partition coefficient (Wildman–Crippen LogP) is 3.43. The Morgan fingerprint density at radius 2 is 1.60 bits per heavy atom. The van der Waals surface area contributed by atoms with Crippen molar-refractivity contribution in [2.45, 2.75) is 59.5 Å². The standard InChI is InChI=1S/C8H15NO2.C7H10O3.C7H12O2/c1-4-5-6-11-9-8(10)7(2)3;1-5(2)7(8)10-4-6-3-9-6;1-3-5-6-9-7(8)4-2/h2,4-6H2,1,3H3,(H,9,10);6H,1,3-4H2,2H3;4H,2-3,5-6H2,1H3. The van der Waals surface area contributed by atoms with Crippen LogP contribution in [0.3, 0.4) is 0 Å². The van der Waals surface area contributed by atoms with Gasteiger partial charge >= 0.3 is 11.9 Å². The van der Waals surface area contributed by atoms with E-state index in [9.17, 15) is 14.4 Å². The highest BCUT2D eigenvalue weighted by Gasteiger charge is 2.24. The van der Waals surface area contributed by atoms with Gasteiger partial charge in [-0.1, -0.05) is 46.4 Å². The lowest BCUT2D eigenvalue weighted by molar-refractivity contribution is -0.139. The van der Waals surface area contributed by atoms with E-state index < -0.39 is 0 Å². The average molecular weight is 428 g/mol. The summed E-state index contributed by atoms with van der Waals surface area (Å²) in [5.41, 5.74) is 3.17. The zero-order valence-electron chi connectivity index (χ0n) is 18.8. The zero-order chi connectivity index (χ0) is 23.4. The SMILES string of the molecule is C=C(C)C(=O)NOCCCC.C=C(C)C(=O)OCC1CO1.C=CC(=O)OCCCC. The van der Waals surface area contributed by atoms with E-state index in [-0.39, 0.29) is 23.9 Å². The number of unbranched alkanes of at least 4 members (excludes halogenated alkanes) is 2. The number of esters is 2. The maximum absolute atomic E-state index is 10.8. The molecule has 0 bridgehead atoms. The first-order chi connectivity index (χ1) is 14.2. The third-order valence-corrected chi connectivity index (χ3v) is 3.21. The molecule has 1 unspecified atom stereocenters. The van der Waals surface area contributed by atoms with Gasteiger partial charge in [0.2, 0.25) is 0 Å². The molecule has 0 aromatic rings. The summed E-state index contributed by atoms with van der Waals surface area (Å²) in [6.45, 7) is 19.7. The highest BCUT2D eigenvalue weighted by Crippen LogP contribution is 2.09. The van der Waals surface area contributed by atoms with Crippen LogP contribution in [0.1, 0.15) is 53.4 Å². The van der Waals surface area contributed by atoms with Crippen molar-refractivity contribution in [2.75, 3.05) is 26.4 Å². The molecule has 172 valence electrons. The van der Waals surface area contributed by atoms with Gasteiger partial charge in [-0.2, -0.15) is 0 Å². The van der Waals surface area contributed by atoms with Gasteiger partial charge in [0.15, 0.2) is 0 Å². The predicted molar refractivity (Wildman–Crippen MR) is 115 cm³/mol. The third kappa shape index (κ3) is 21.8. The topological polar surface area (TPSA) is 103 Å². The van der Waals surface area contributed by atoms with Gasteiger partial charge in [-0.25, -0.2) is 15.1 Å². The molecule has 8 heteroatoms. The highest BCUT2D eigenvalue weighted by molar-refractivity contribution is 5.91. The lowest BCUT2D eigenvalue weighted by Gasteiger charge is -2.03. The normalized spacial score (nSPS) is 13.3. The molecule has 0 spiro atoms. The van der Waals surface area contributed by atoms with Crippen LogP contribution in [0.4, 0.5) is 0 Å². The van der Waals surface area contributed by atoms with Gasteiger partial charge in [-0.3, -0.25) is 9.63 Å². The summed E-state index contributed by atoms with van der Waals surface area (Å²) in [6, 6.07) is 0. The molecule has 1 amide bonds. The van der Waals surface area contributed by atoms with Crippen molar-refractivity contribution >= 4 is 17.8 Å². The number of carbonyl (C=O) groups is 3. The number of nitrogens with one attached hydrogen (secondary N) is 1. The summed E-state index contributed by atoms with van der Waals surface area (Å²) >= 11 is 0. The van der Waals surface area contributed by atoms with E-state index in [0.717, 1.165) is 25.7 Å². The fraction of sp³-hybridized carbons (Fsp3) is 0.591. The van der Waals surface area contributed by atoms with Crippen LogP contribution >= 0.6 is 0 Å². The molecule has 30 heavy (non-hydrogen) atoms. The van der Waals surface area contributed by atoms with Crippen molar-refractivity contribution < 1.29 is 33.4 Å². The molecule has 1 heterocycles. The van der Waals surface area contributed by atoms with E-state index in [0.29, 0.717) is 37.6 Å².